The summed E-state index contributed by atoms with van der Waals surface area (Å²) < 4.78 is 0. The second-order valence-electron chi connectivity index (χ2n) is 3.76. The van der Waals surface area contributed by atoms with E-state index in [4.69, 9.17) is 11.6 Å². The summed E-state index contributed by atoms with van der Waals surface area (Å²) in [6.07, 6.45) is 6.59. The van der Waals surface area contributed by atoms with Gasteiger partial charge in [0.15, 0.2) is 0 Å². The Morgan fingerprint density at radius 3 is 2.94 bits per heavy atom. The van der Waals surface area contributed by atoms with Crippen molar-refractivity contribution in [2.24, 2.45) is 0 Å². The third-order valence-corrected chi connectivity index (χ3v) is 2.61. The summed E-state index contributed by atoms with van der Waals surface area (Å²) in [7, 11) is 0. The van der Waals surface area contributed by atoms with Crippen LogP contribution in [-0.4, -0.2) is 27.4 Å². The van der Waals surface area contributed by atoms with Crippen LogP contribution in [0.4, 0.5) is 0 Å². The van der Waals surface area contributed by atoms with E-state index in [0.29, 0.717) is 17.3 Å². The summed E-state index contributed by atoms with van der Waals surface area (Å²) in [6, 6.07) is 3.25. The first-order valence-corrected chi connectivity index (χ1v) is 6.01. The first-order chi connectivity index (χ1) is 8.75. The topological polar surface area (TPSA) is 70.7 Å². The summed E-state index contributed by atoms with van der Waals surface area (Å²) in [5.41, 5.74) is 0.373. The monoisotopic (exact) mass is 264 g/mol. The van der Waals surface area contributed by atoms with E-state index in [0.717, 1.165) is 18.7 Å². The number of hydrogen-bond acceptors (Lipinski definition) is 3. The van der Waals surface area contributed by atoms with E-state index in [1.165, 1.54) is 6.20 Å². The lowest BCUT2D eigenvalue weighted by Crippen LogP contribution is -2.25. The predicted molar refractivity (Wildman–Crippen MR) is 68.5 cm³/mol. The van der Waals surface area contributed by atoms with Crippen molar-refractivity contribution in [3.63, 3.8) is 0 Å². The van der Waals surface area contributed by atoms with Gasteiger partial charge in [0.1, 0.15) is 11.5 Å². The second kappa shape index (κ2) is 6.16. The number of amides is 1. The fraction of sp³-hybridized carbons (Fsp3) is 0.250. The summed E-state index contributed by atoms with van der Waals surface area (Å²) in [6.45, 7) is 0.587. The molecule has 2 aromatic heterocycles. The van der Waals surface area contributed by atoms with E-state index < -0.39 is 0 Å². The van der Waals surface area contributed by atoms with Crippen molar-refractivity contribution in [1.29, 1.82) is 0 Å². The molecule has 5 nitrogen and oxygen atoms in total. The van der Waals surface area contributed by atoms with Gasteiger partial charge in [0.2, 0.25) is 0 Å². The average Bonchev–Trinajstić information content (AvgIpc) is 2.88. The maximum atomic E-state index is 11.7. The van der Waals surface area contributed by atoms with Gasteiger partial charge < -0.3 is 10.3 Å². The highest BCUT2D eigenvalue weighted by Gasteiger charge is 2.05. The number of carbonyl (C=O) groups excluding carboxylic acids is 1. The maximum Gasteiger partial charge on any atom is 0.269 e. The summed E-state index contributed by atoms with van der Waals surface area (Å²) in [5.74, 6) is 0.736. The van der Waals surface area contributed by atoms with Crippen molar-refractivity contribution in [2.45, 2.75) is 12.8 Å². The molecular weight excluding hydrogens is 252 g/mol. The molecule has 18 heavy (non-hydrogen) atoms. The molecule has 1 amide bonds. The smallest absolute Gasteiger partial charge is 0.269 e. The van der Waals surface area contributed by atoms with E-state index in [-0.39, 0.29) is 5.91 Å². The predicted octanol–water partition coefficient (Wildman–Crippen LogP) is 1.82. The summed E-state index contributed by atoms with van der Waals surface area (Å²) in [4.78, 5) is 22.7. The van der Waals surface area contributed by atoms with Gasteiger partial charge in [-0.2, -0.15) is 0 Å². The maximum absolute atomic E-state index is 11.7. The molecule has 94 valence electrons. The van der Waals surface area contributed by atoms with E-state index in [9.17, 15) is 4.79 Å². The van der Waals surface area contributed by atoms with Crippen LogP contribution >= 0.6 is 11.6 Å². The van der Waals surface area contributed by atoms with Crippen LogP contribution in [0.1, 0.15) is 22.7 Å². The molecule has 0 bridgehead atoms. The van der Waals surface area contributed by atoms with Crippen LogP contribution in [0.15, 0.2) is 30.7 Å². The molecule has 0 aliphatic carbocycles. The molecule has 2 heterocycles. The van der Waals surface area contributed by atoms with Crippen molar-refractivity contribution in [3.8, 4) is 0 Å². The molecular formula is C12H13ClN4O. The third-order valence-electron chi connectivity index (χ3n) is 2.39. The SMILES string of the molecule is O=C(NCCCc1ncc[nH]1)c1ccc(Cl)cn1. The molecule has 0 saturated carbocycles. The average molecular weight is 265 g/mol. The molecule has 0 radical (unpaired) electrons. The van der Waals surface area contributed by atoms with Gasteiger partial charge in [-0.15, -0.1) is 0 Å². The minimum Gasteiger partial charge on any atom is -0.351 e. The first kappa shape index (κ1) is 12.6. The molecule has 0 fully saturated rings. The van der Waals surface area contributed by atoms with Gasteiger partial charge in [0.25, 0.3) is 5.91 Å². The number of pyridine rings is 1. The number of aromatic nitrogens is 3. The Kier molecular flexibility index (Phi) is 4.30. The number of imidazole rings is 1. The van der Waals surface area contributed by atoms with Crippen molar-refractivity contribution >= 4 is 17.5 Å². The molecule has 6 heteroatoms. The van der Waals surface area contributed by atoms with Gasteiger partial charge in [-0.05, 0) is 18.6 Å². The number of nitrogens with zero attached hydrogens (tertiary/aromatic N) is 2. The normalized spacial score (nSPS) is 10.3. The summed E-state index contributed by atoms with van der Waals surface area (Å²) in [5, 5.41) is 3.31. The Labute approximate surface area is 110 Å². The van der Waals surface area contributed by atoms with Crippen LogP contribution in [0.3, 0.4) is 0 Å². The molecule has 2 aromatic rings. The fourth-order valence-electron chi connectivity index (χ4n) is 1.49. The molecule has 0 spiro atoms. The third kappa shape index (κ3) is 3.56. The molecule has 0 atom stereocenters. The zero-order valence-electron chi connectivity index (χ0n) is 9.69. The standard InChI is InChI=1S/C12H13ClN4O/c13-9-3-4-10(17-8-9)12(18)16-5-1-2-11-14-6-7-15-11/h3-4,6-8H,1-2,5H2,(H,14,15)(H,16,18). The van der Waals surface area contributed by atoms with Gasteiger partial charge in [0, 0.05) is 31.6 Å². The largest absolute Gasteiger partial charge is 0.351 e. The molecule has 0 aliphatic rings. The lowest BCUT2D eigenvalue weighted by molar-refractivity contribution is 0.0948. The zero-order chi connectivity index (χ0) is 12.8. The quantitative estimate of drug-likeness (QED) is 0.810. The van der Waals surface area contributed by atoms with Crippen LogP contribution in [0.25, 0.3) is 0 Å². The number of aryl methyl sites for hydroxylation is 1. The highest BCUT2D eigenvalue weighted by Crippen LogP contribution is 2.05. The van der Waals surface area contributed by atoms with Crippen molar-refractivity contribution in [1.82, 2.24) is 20.3 Å². The second-order valence-corrected chi connectivity index (χ2v) is 4.19. The van der Waals surface area contributed by atoms with Gasteiger partial charge in [-0.25, -0.2) is 9.97 Å². The Balaban J connectivity index is 1.73. The lowest BCUT2D eigenvalue weighted by atomic mass is 10.3. The molecule has 0 aromatic carbocycles. The van der Waals surface area contributed by atoms with Gasteiger partial charge in [-0.3, -0.25) is 4.79 Å². The summed E-state index contributed by atoms with van der Waals surface area (Å²) >= 11 is 5.70. The Bertz CT molecular complexity index is 495. The van der Waals surface area contributed by atoms with E-state index >= 15 is 0 Å². The van der Waals surface area contributed by atoms with Crippen LogP contribution in [-0.2, 0) is 6.42 Å². The molecule has 2 N–H and O–H groups in total. The zero-order valence-corrected chi connectivity index (χ0v) is 10.4. The molecule has 0 aliphatic heterocycles. The van der Waals surface area contributed by atoms with Gasteiger partial charge in [0.05, 0.1) is 5.02 Å². The highest BCUT2D eigenvalue weighted by molar-refractivity contribution is 6.30. The minimum absolute atomic E-state index is 0.189. The lowest BCUT2D eigenvalue weighted by Gasteiger charge is -2.03. The molecule has 0 saturated heterocycles. The highest BCUT2D eigenvalue weighted by atomic mass is 35.5. The minimum atomic E-state index is -0.189. The number of aromatic amines is 1. The van der Waals surface area contributed by atoms with Crippen LogP contribution < -0.4 is 5.32 Å². The van der Waals surface area contributed by atoms with Gasteiger partial charge in [-0.1, -0.05) is 11.6 Å². The van der Waals surface area contributed by atoms with Crippen molar-refractivity contribution in [3.05, 3.63) is 47.3 Å². The van der Waals surface area contributed by atoms with Crippen molar-refractivity contribution in [2.75, 3.05) is 6.54 Å². The number of rotatable bonds is 5. The van der Waals surface area contributed by atoms with E-state index in [2.05, 4.69) is 20.3 Å². The number of hydrogen-bond donors (Lipinski definition) is 2. The first-order valence-electron chi connectivity index (χ1n) is 5.64. The number of H-pyrrole nitrogens is 1. The molecule has 2 rings (SSSR count). The van der Waals surface area contributed by atoms with E-state index in [1.54, 1.807) is 24.5 Å². The number of carbonyl (C=O) groups is 1. The Morgan fingerprint density at radius 2 is 2.28 bits per heavy atom. The number of nitrogens with one attached hydrogen (secondary N) is 2. The van der Waals surface area contributed by atoms with Crippen molar-refractivity contribution < 1.29 is 4.79 Å². The Morgan fingerprint density at radius 1 is 1.39 bits per heavy atom. The fourth-order valence-corrected chi connectivity index (χ4v) is 1.60. The Hall–Kier alpha value is -1.88. The number of halogens is 1. The van der Waals surface area contributed by atoms with Crippen LogP contribution in [0.2, 0.25) is 5.02 Å². The van der Waals surface area contributed by atoms with Gasteiger partial charge >= 0.3 is 0 Å². The molecule has 0 unspecified atom stereocenters. The van der Waals surface area contributed by atoms with Crippen LogP contribution in [0.5, 0.6) is 0 Å². The van der Waals surface area contributed by atoms with Crippen LogP contribution in [0, 0.1) is 0 Å². The van der Waals surface area contributed by atoms with E-state index in [1.807, 2.05) is 0 Å².